The maximum absolute atomic E-state index is 10.7. The average Bonchev–Trinajstić information content (AvgIpc) is 2.41. The highest BCUT2D eigenvalue weighted by atomic mass is 32.2. The van der Waals surface area contributed by atoms with Crippen LogP contribution < -0.4 is 14.6 Å². The van der Waals surface area contributed by atoms with Gasteiger partial charge in [-0.2, -0.15) is 0 Å². The Morgan fingerprint density at radius 1 is 1.24 bits per heavy atom. The minimum Gasteiger partial charge on any atom is -0.493 e. The molecule has 0 atom stereocenters. The number of benzene rings is 1. The molecule has 0 aromatic heterocycles. The molecule has 0 amide bonds. The quantitative estimate of drug-likeness (QED) is 0.393. The van der Waals surface area contributed by atoms with Crippen molar-refractivity contribution in [2.75, 3.05) is 32.7 Å². The van der Waals surface area contributed by atoms with Crippen molar-refractivity contribution in [2.24, 2.45) is 5.14 Å². The van der Waals surface area contributed by atoms with E-state index < -0.39 is 14.9 Å². The van der Waals surface area contributed by atoms with Crippen molar-refractivity contribution in [2.45, 2.75) is 0 Å². The van der Waals surface area contributed by atoms with Gasteiger partial charge < -0.3 is 14.2 Å². The molecule has 1 aromatic carbocycles. The highest BCUT2D eigenvalue weighted by molar-refractivity contribution is 7.89. The van der Waals surface area contributed by atoms with Crippen LogP contribution in [0.5, 0.6) is 11.5 Å². The molecule has 0 bridgehead atoms. The third kappa shape index (κ3) is 6.38. The third-order valence-corrected chi connectivity index (χ3v) is 3.09. The number of nitro groups is 1. The van der Waals surface area contributed by atoms with Crippen LogP contribution in [-0.2, 0) is 14.8 Å². The number of methoxy groups -OCH3 is 1. The molecule has 1 rings (SSSR count). The smallest absolute Gasteiger partial charge is 0.273 e. The minimum absolute atomic E-state index is 0.0474. The van der Waals surface area contributed by atoms with Crippen molar-refractivity contribution < 1.29 is 27.6 Å². The van der Waals surface area contributed by atoms with Gasteiger partial charge in [0, 0.05) is 6.07 Å². The second kappa shape index (κ2) is 7.76. The van der Waals surface area contributed by atoms with E-state index in [0.717, 1.165) is 0 Å². The highest BCUT2D eigenvalue weighted by Gasteiger charge is 2.12. The lowest BCUT2D eigenvalue weighted by atomic mass is 10.3. The van der Waals surface area contributed by atoms with Gasteiger partial charge in [-0.3, -0.25) is 10.1 Å². The van der Waals surface area contributed by atoms with E-state index in [0.29, 0.717) is 5.75 Å². The number of nitrogens with zero attached hydrogens (tertiary/aromatic N) is 1. The fraction of sp³-hybridized carbons (Fsp3) is 0.455. The van der Waals surface area contributed by atoms with Crippen molar-refractivity contribution in [1.29, 1.82) is 0 Å². The van der Waals surface area contributed by atoms with Crippen LogP contribution in [0.15, 0.2) is 18.2 Å². The second-order valence-corrected chi connectivity index (χ2v) is 5.65. The number of ether oxygens (including phenoxy) is 3. The largest absolute Gasteiger partial charge is 0.493 e. The van der Waals surface area contributed by atoms with E-state index in [1.807, 2.05) is 0 Å². The van der Waals surface area contributed by atoms with Crippen LogP contribution in [0.4, 0.5) is 5.69 Å². The molecule has 0 saturated carbocycles. The van der Waals surface area contributed by atoms with E-state index in [9.17, 15) is 18.5 Å². The summed E-state index contributed by atoms with van der Waals surface area (Å²) in [5.41, 5.74) is -0.124. The van der Waals surface area contributed by atoms with Crippen molar-refractivity contribution in [3.05, 3.63) is 28.3 Å². The summed E-state index contributed by atoms with van der Waals surface area (Å²) in [6.07, 6.45) is 0. The predicted molar refractivity (Wildman–Crippen MR) is 73.9 cm³/mol. The SMILES string of the molecule is COc1ccc([N+](=O)[O-])cc1OCCOCCS(N)(=O)=O. The summed E-state index contributed by atoms with van der Waals surface area (Å²) in [6, 6.07) is 3.97. The zero-order chi connectivity index (χ0) is 15.9. The molecule has 0 aliphatic rings. The van der Waals surface area contributed by atoms with Crippen molar-refractivity contribution in [1.82, 2.24) is 0 Å². The number of hydrogen-bond acceptors (Lipinski definition) is 7. The molecule has 1 aromatic rings. The normalized spacial score (nSPS) is 11.1. The number of nitro benzene ring substituents is 1. The lowest BCUT2D eigenvalue weighted by molar-refractivity contribution is -0.385. The van der Waals surface area contributed by atoms with Crippen LogP contribution in [0.1, 0.15) is 0 Å². The molecule has 2 N–H and O–H groups in total. The fourth-order valence-corrected chi connectivity index (χ4v) is 1.73. The number of sulfonamides is 1. The Morgan fingerprint density at radius 3 is 2.52 bits per heavy atom. The molecule has 9 nitrogen and oxygen atoms in total. The van der Waals surface area contributed by atoms with Crippen LogP contribution in [0.2, 0.25) is 0 Å². The molecule has 118 valence electrons. The van der Waals surface area contributed by atoms with Crippen LogP contribution in [0.25, 0.3) is 0 Å². The Labute approximate surface area is 121 Å². The minimum atomic E-state index is -3.55. The van der Waals surface area contributed by atoms with Gasteiger partial charge in [0.05, 0.1) is 37.1 Å². The first kappa shape index (κ1) is 17.1. The highest BCUT2D eigenvalue weighted by Crippen LogP contribution is 2.30. The van der Waals surface area contributed by atoms with Gasteiger partial charge in [0.2, 0.25) is 10.0 Å². The standard InChI is InChI=1S/C11H16N2O7S/c1-18-10-3-2-9(13(14)15)8-11(10)20-5-4-19-6-7-21(12,16)17/h2-3,8H,4-7H2,1H3,(H2,12,16,17). The summed E-state index contributed by atoms with van der Waals surface area (Å²) in [5, 5.41) is 15.5. The van der Waals surface area contributed by atoms with E-state index in [1.54, 1.807) is 0 Å². The van der Waals surface area contributed by atoms with E-state index >= 15 is 0 Å². The third-order valence-electron chi connectivity index (χ3n) is 2.36. The molecule has 0 spiro atoms. The average molecular weight is 320 g/mol. The first-order chi connectivity index (χ1) is 9.83. The fourth-order valence-electron chi connectivity index (χ4n) is 1.38. The Hall–Kier alpha value is -1.91. The van der Waals surface area contributed by atoms with Gasteiger partial charge in [-0.05, 0) is 6.07 Å². The first-order valence-corrected chi connectivity index (χ1v) is 7.58. The molecule has 0 radical (unpaired) electrons. The van der Waals surface area contributed by atoms with Gasteiger partial charge >= 0.3 is 0 Å². The van der Waals surface area contributed by atoms with E-state index in [2.05, 4.69) is 0 Å². The monoisotopic (exact) mass is 320 g/mol. The van der Waals surface area contributed by atoms with Gasteiger partial charge in [-0.25, -0.2) is 13.6 Å². The number of primary sulfonamides is 1. The van der Waals surface area contributed by atoms with Crippen LogP contribution in [0, 0.1) is 10.1 Å². The summed E-state index contributed by atoms with van der Waals surface area (Å²) in [7, 11) is -2.14. The van der Waals surface area contributed by atoms with E-state index in [4.69, 9.17) is 19.3 Å². The number of rotatable bonds is 9. The summed E-state index contributed by atoms with van der Waals surface area (Å²) in [6.45, 7) is 0.151. The topological polar surface area (TPSA) is 131 Å². The Balaban J connectivity index is 2.47. The Bertz CT molecular complexity index is 588. The molecule has 0 fully saturated rings. The maximum atomic E-state index is 10.7. The lowest BCUT2D eigenvalue weighted by Gasteiger charge is -2.10. The predicted octanol–water partition coefficient (Wildman–Crippen LogP) is 0.287. The van der Waals surface area contributed by atoms with Crippen LogP contribution in [0.3, 0.4) is 0 Å². The van der Waals surface area contributed by atoms with Gasteiger partial charge in [0.1, 0.15) is 6.61 Å². The molecule has 0 saturated heterocycles. The van der Waals surface area contributed by atoms with Gasteiger partial charge in [-0.15, -0.1) is 0 Å². The summed E-state index contributed by atoms with van der Waals surface area (Å²) in [4.78, 5) is 10.1. The molecule has 21 heavy (non-hydrogen) atoms. The number of non-ortho nitro benzene ring substituents is 1. The Morgan fingerprint density at radius 2 is 1.95 bits per heavy atom. The van der Waals surface area contributed by atoms with Crippen molar-refractivity contribution >= 4 is 15.7 Å². The molecule has 0 unspecified atom stereocenters. The lowest BCUT2D eigenvalue weighted by Crippen LogP contribution is -2.21. The number of hydrogen-bond donors (Lipinski definition) is 1. The number of nitrogens with two attached hydrogens (primary N) is 1. The van der Waals surface area contributed by atoms with Gasteiger partial charge in [0.15, 0.2) is 11.5 Å². The summed E-state index contributed by atoms with van der Waals surface area (Å²) >= 11 is 0. The van der Waals surface area contributed by atoms with Crippen LogP contribution in [-0.4, -0.2) is 46.0 Å². The molecular weight excluding hydrogens is 304 g/mol. The van der Waals surface area contributed by atoms with E-state index in [1.165, 1.54) is 25.3 Å². The first-order valence-electron chi connectivity index (χ1n) is 5.87. The summed E-state index contributed by atoms with van der Waals surface area (Å²) < 4.78 is 36.7. The van der Waals surface area contributed by atoms with Crippen LogP contribution >= 0.6 is 0 Å². The van der Waals surface area contributed by atoms with E-state index in [-0.39, 0.29) is 37.0 Å². The van der Waals surface area contributed by atoms with Crippen molar-refractivity contribution in [3.8, 4) is 11.5 Å². The van der Waals surface area contributed by atoms with Crippen molar-refractivity contribution in [3.63, 3.8) is 0 Å². The second-order valence-electron chi connectivity index (χ2n) is 3.92. The molecule has 10 heteroatoms. The maximum Gasteiger partial charge on any atom is 0.273 e. The Kier molecular flexibility index (Phi) is 6.34. The molecule has 0 aliphatic carbocycles. The molecular formula is C11H16N2O7S. The summed E-state index contributed by atoms with van der Waals surface area (Å²) in [5.74, 6) is 0.277. The zero-order valence-electron chi connectivity index (χ0n) is 11.4. The zero-order valence-corrected chi connectivity index (χ0v) is 12.2. The van der Waals surface area contributed by atoms with Gasteiger partial charge in [0.25, 0.3) is 5.69 Å². The van der Waals surface area contributed by atoms with Gasteiger partial charge in [-0.1, -0.05) is 0 Å². The molecule has 0 aliphatic heterocycles. The molecule has 0 heterocycles.